The van der Waals surface area contributed by atoms with Gasteiger partial charge in [-0.15, -0.1) is 0 Å². The zero-order valence-electron chi connectivity index (χ0n) is 15.0. The summed E-state index contributed by atoms with van der Waals surface area (Å²) in [6.45, 7) is 3.58. The molecular formula is C20H25BrN4O. The molecule has 0 radical (unpaired) electrons. The lowest BCUT2D eigenvalue weighted by molar-refractivity contribution is 0.0524. The van der Waals surface area contributed by atoms with E-state index in [0.29, 0.717) is 5.56 Å². The first-order valence-electron chi connectivity index (χ1n) is 9.55. The van der Waals surface area contributed by atoms with Crippen molar-refractivity contribution < 1.29 is 4.79 Å². The van der Waals surface area contributed by atoms with Crippen molar-refractivity contribution in [2.45, 2.75) is 38.1 Å². The fraction of sp³-hybridized carbons (Fsp3) is 0.500. The number of piperazine rings is 1. The highest BCUT2D eigenvalue weighted by Gasteiger charge is 2.29. The minimum absolute atomic E-state index is 0.0806. The summed E-state index contributed by atoms with van der Waals surface area (Å²) in [5, 5.41) is 7.14. The maximum Gasteiger partial charge on any atom is 0.257 e. The summed E-state index contributed by atoms with van der Waals surface area (Å²) in [7, 11) is 0. The van der Waals surface area contributed by atoms with E-state index in [0.717, 1.165) is 48.0 Å². The monoisotopic (exact) mass is 416 g/mol. The predicted octanol–water partition coefficient (Wildman–Crippen LogP) is 3.93. The van der Waals surface area contributed by atoms with Gasteiger partial charge in [0, 0.05) is 42.3 Å². The Hall–Kier alpha value is -1.66. The van der Waals surface area contributed by atoms with Crippen LogP contribution >= 0.6 is 15.9 Å². The number of carbonyl (C=O) groups is 1. The molecular weight excluding hydrogens is 392 g/mol. The third kappa shape index (κ3) is 3.71. The number of H-pyrrole nitrogens is 1. The zero-order chi connectivity index (χ0) is 17.9. The van der Waals surface area contributed by atoms with Gasteiger partial charge in [0.25, 0.3) is 5.91 Å². The Morgan fingerprint density at radius 1 is 1.12 bits per heavy atom. The van der Waals surface area contributed by atoms with Crippen molar-refractivity contribution >= 4 is 21.8 Å². The van der Waals surface area contributed by atoms with E-state index in [2.05, 4.69) is 31.0 Å². The summed E-state index contributed by atoms with van der Waals surface area (Å²) in [5.74, 6) is 0.0806. The third-order valence-corrected chi connectivity index (χ3v) is 6.17. The van der Waals surface area contributed by atoms with Gasteiger partial charge in [-0.2, -0.15) is 5.10 Å². The van der Waals surface area contributed by atoms with E-state index in [1.54, 1.807) is 6.20 Å². The molecule has 5 nitrogen and oxygen atoms in total. The Balaban J connectivity index is 1.44. The average molecular weight is 417 g/mol. The van der Waals surface area contributed by atoms with Crippen LogP contribution in [0.25, 0.3) is 11.3 Å². The van der Waals surface area contributed by atoms with Crippen LogP contribution in [0.4, 0.5) is 0 Å². The fourth-order valence-electron chi connectivity index (χ4n) is 4.22. The number of benzene rings is 1. The lowest BCUT2D eigenvalue weighted by atomic mass is 9.94. The van der Waals surface area contributed by atoms with Crippen LogP contribution in [0, 0.1) is 0 Å². The zero-order valence-corrected chi connectivity index (χ0v) is 16.5. The van der Waals surface area contributed by atoms with Crippen LogP contribution < -0.4 is 0 Å². The molecule has 1 aliphatic heterocycles. The topological polar surface area (TPSA) is 52.2 Å². The highest BCUT2D eigenvalue weighted by molar-refractivity contribution is 9.10. The number of carbonyl (C=O) groups excluding carboxylic acids is 1. The summed E-state index contributed by atoms with van der Waals surface area (Å²) in [5.41, 5.74) is 2.43. The summed E-state index contributed by atoms with van der Waals surface area (Å²) < 4.78 is 0.990. The van der Waals surface area contributed by atoms with E-state index in [9.17, 15) is 4.79 Å². The van der Waals surface area contributed by atoms with Gasteiger partial charge >= 0.3 is 0 Å². The molecule has 0 unspecified atom stereocenters. The van der Waals surface area contributed by atoms with Gasteiger partial charge in [-0.3, -0.25) is 14.8 Å². The quantitative estimate of drug-likeness (QED) is 0.824. The molecule has 4 rings (SSSR count). The smallest absolute Gasteiger partial charge is 0.257 e. The van der Waals surface area contributed by atoms with Crippen molar-refractivity contribution in [3.8, 4) is 11.3 Å². The van der Waals surface area contributed by atoms with Crippen molar-refractivity contribution in [1.82, 2.24) is 20.0 Å². The molecule has 1 aliphatic carbocycles. The van der Waals surface area contributed by atoms with Crippen molar-refractivity contribution in [1.29, 1.82) is 0 Å². The molecule has 1 saturated heterocycles. The lowest BCUT2D eigenvalue weighted by Gasteiger charge is -2.40. The number of halogens is 1. The molecule has 2 aliphatic rings. The molecule has 1 aromatic carbocycles. The number of nitrogens with zero attached hydrogens (tertiary/aromatic N) is 3. The maximum absolute atomic E-state index is 13.1. The van der Waals surface area contributed by atoms with Gasteiger partial charge in [0.15, 0.2) is 0 Å². The maximum atomic E-state index is 13.1. The van der Waals surface area contributed by atoms with E-state index in [4.69, 9.17) is 0 Å². The highest BCUT2D eigenvalue weighted by atomic mass is 79.9. The van der Waals surface area contributed by atoms with Crippen LogP contribution in [-0.2, 0) is 0 Å². The summed E-state index contributed by atoms with van der Waals surface area (Å²) in [6, 6.07) is 8.68. The largest absolute Gasteiger partial charge is 0.336 e. The molecule has 0 spiro atoms. The van der Waals surface area contributed by atoms with Crippen molar-refractivity contribution in [2.75, 3.05) is 26.2 Å². The molecule has 2 heterocycles. The third-order valence-electron chi connectivity index (χ3n) is 5.68. The molecule has 138 valence electrons. The van der Waals surface area contributed by atoms with E-state index in [1.807, 2.05) is 29.2 Å². The lowest BCUT2D eigenvalue weighted by Crippen LogP contribution is -2.52. The number of hydrogen-bond acceptors (Lipinski definition) is 3. The highest BCUT2D eigenvalue weighted by Crippen LogP contribution is 2.27. The van der Waals surface area contributed by atoms with Gasteiger partial charge in [-0.05, 0) is 25.0 Å². The number of nitrogens with one attached hydrogen (secondary N) is 1. The number of hydrogen-bond donors (Lipinski definition) is 1. The van der Waals surface area contributed by atoms with E-state index in [1.165, 1.54) is 32.1 Å². The second kappa shape index (κ2) is 7.92. The van der Waals surface area contributed by atoms with Gasteiger partial charge in [0.05, 0.1) is 17.5 Å². The molecule has 1 amide bonds. The van der Waals surface area contributed by atoms with Gasteiger partial charge in [-0.25, -0.2) is 0 Å². The predicted molar refractivity (Wildman–Crippen MR) is 106 cm³/mol. The molecule has 1 N–H and O–H groups in total. The Morgan fingerprint density at radius 2 is 1.88 bits per heavy atom. The standard InChI is InChI=1S/C20H25BrN4O/c21-16-6-4-5-15(13-16)19-18(14-22-23-19)20(26)25-11-9-24(10-12-25)17-7-2-1-3-8-17/h4-6,13-14,17H,1-3,7-12H2,(H,22,23). The molecule has 1 aromatic heterocycles. The van der Waals surface area contributed by atoms with E-state index in [-0.39, 0.29) is 5.91 Å². The normalized spacial score (nSPS) is 19.7. The molecule has 0 bridgehead atoms. The molecule has 26 heavy (non-hydrogen) atoms. The minimum atomic E-state index is 0.0806. The van der Waals surface area contributed by atoms with Crippen LogP contribution in [-0.4, -0.2) is 58.1 Å². The minimum Gasteiger partial charge on any atom is -0.336 e. The Kier molecular flexibility index (Phi) is 5.41. The second-order valence-electron chi connectivity index (χ2n) is 7.29. The Morgan fingerprint density at radius 3 is 2.62 bits per heavy atom. The Bertz CT molecular complexity index is 761. The van der Waals surface area contributed by atoms with E-state index >= 15 is 0 Å². The van der Waals surface area contributed by atoms with E-state index < -0.39 is 0 Å². The number of amides is 1. The van der Waals surface area contributed by atoms with Crippen LogP contribution in [0.15, 0.2) is 34.9 Å². The average Bonchev–Trinajstić information content (AvgIpc) is 3.18. The summed E-state index contributed by atoms with van der Waals surface area (Å²) in [4.78, 5) is 17.6. The molecule has 1 saturated carbocycles. The number of rotatable bonds is 3. The van der Waals surface area contributed by atoms with Crippen LogP contribution in [0.5, 0.6) is 0 Å². The van der Waals surface area contributed by atoms with Crippen molar-refractivity contribution in [3.05, 3.63) is 40.5 Å². The first kappa shape index (κ1) is 17.7. The Labute approximate surface area is 162 Å². The van der Waals surface area contributed by atoms with Gasteiger partial charge in [0.1, 0.15) is 0 Å². The number of aromatic nitrogens is 2. The van der Waals surface area contributed by atoms with Crippen LogP contribution in [0.2, 0.25) is 0 Å². The van der Waals surface area contributed by atoms with Gasteiger partial charge < -0.3 is 4.90 Å². The summed E-state index contributed by atoms with van der Waals surface area (Å²) >= 11 is 3.50. The molecule has 2 fully saturated rings. The first-order valence-corrected chi connectivity index (χ1v) is 10.3. The van der Waals surface area contributed by atoms with Gasteiger partial charge in [-0.1, -0.05) is 47.3 Å². The summed E-state index contributed by atoms with van der Waals surface area (Å²) in [6.07, 6.45) is 8.40. The fourth-order valence-corrected chi connectivity index (χ4v) is 4.62. The molecule has 6 heteroatoms. The number of aromatic amines is 1. The van der Waals surface area contributed by atoms with Crippen LogP contribution in [0.3, 0.4) is 0 Å². The van der Waals surface area contributed by atoms with Crippen molar-refractivity contribution in [2.24, 2.45) is 0 Å². The molecule has 2 aromatic rings. The van der Waals surface area contributed by atoms with Crippen LogP contribution in [0.1, 0.15) is 42.5 Å². The first-order chi connectivity index (χ1) is 12.7. The second-order valence-corrected chi connectivity index (χ2v) is 8.20. The van der Waals surface area contributed by atoms with Crippen molar-refractivity contribution in [3.63, 3.8) is 0 Å². The SMILES string of the molecule is O=C(c1cn[nH]c1-c1cccc(Br)c1)N1CCN(C2CCCCC2)CC1. The molecule has 0 atom stereocenters. The van der Waals surface area contributed by atoms with Gasteiger partial charge in [0.2, 0.25) is 0 Å².